The molecule has 0 aromatic rings. The van der Waals surface area contributed by atoms with Gasteiger partial charge < -0.3 is 4.74 Å². The van der Waals surface area contributed by atoms with Crippen molar-refractivity contribution in [3.8, 4) is 0 Å². The third kappa shape index (κ3) is 16.4. The number of ketones is 1. The first kappa shape index (κ1) is 26.0. The van der Waals surface area contributed by atoms with E-state index in [-0.39, 0.29) is 11.9 Å². The SMILES string of the molecule is CCCCCCCCCCCCCCCCCCCC=CC1CC(=O)C=C(C)O1. The third-order valence-electron chi connectivity index (χ3n) is 5.93. The Morgan fingerprint density at radius 3 is 1.69 bits per heavy atom. The summed E-state index contributed by atoms with van der Waals surface area (Å²) in [6.07, 6.45) is 31.5. The highest BCUT2D eigenvalue weighted by atomic mass is 16.5. The fourth-order valence-corrected chi connectivity index (χ4v) is 4.14. The number of carbonyl (C=O) groups excluding carboxylic acids is 1. The Labute approximate surface area is 181 Å². The van der Waals surface area contributed by atoms with Crippen LogP contribution >= 0.6 is 0 Å². The summed E-state index contributed by atoms with van der Waals surface area (Å²) in [5.74, 6) is 0.926. The van der Waals surface area contributed by atoms with E-state index >= 15 is 0 Å². The Morgan fingerprint density at radius 1 is 0.793 bits per heavy atom. The van der Waals surface area contributed by atoms with Crippen molar-refractivity contribution in [2.45, 2.75) is 142 Å². The van der Waals surface area contributed by atoms with Gasteiger partial charge in [0.25, 0.3) is 0 Å². The second kappa shape index (κ2) is 18.9. The van der Waals surface area contributed by atoms with E-state index in [4.69, 9.17) is 4.74 Å². The Kier molecular flexibility index (Phi) is 17.0. The van der Waals surface area contributed by atoms with Crippen LogP contribution in [0.1, 0.15) is 136 Å². The standard InChI is InChI=1S/C27H48O2/c1-3-4-5-6-7-8-9-10-11-12-13-14-15-16-17-18-19-20-21-22-27-24-26(28)23-25(2)29-27/h21-23,27H,3-20,24H2,1-2H3. The van der Waals surface area contributed by atoms with Crippen molar-refractivity contribution in [2.75, 3.05) is 0 Å². The predicted octanol–water partition coefficient (Wildman–Crippen LogP) is 8.85. The van der Waals surface area contributed by atoms with Crippen LogP contribution < -0.4 is 0 Å². The molecule has 2 heteroatoms. The zero-order chi connectivity index (χ0) is 21.0. The van der Waals surface area contributed by atoms with Crippen molar-refractivity contribution in [1.29, 1.82) is 0 Å². The number of ether oxygens (including phenoxy) is 1. The molecule has 0 saturated carbocycles. The summed E-state index contributed by atoms with van der Waals surface area (Å²) in [5.41, 5.74) is 0. The molecule has 1 atom stereocenters. The molecule has 1 rings (SSSR count). The van der Waals surface area contributed by atoms with Crippen LogP contribution in [0.4, 0.5) is 0 Å². The molecule has 29 heavy (non-hydrogen) atoms. The fraction of sp³-hybridized carbons (Fsp3) is 0.815. The quantitative estimate of drug-likeness (QED) is 0.159. The second-order valence-electron chi connectivity index (χ2n) is 8.96. The number of hydrogen-bond donors (Lipinski definition) is 0. The van der Waals surface area contributed by atoms with Gasteiger partial charge in [-0.3, -0.25) is 4.79 Å². The lowest BCUT2D eigenvalue weighted by molar-refractivity contribution is -0.117. The Hall–Kier alpha value is -1.05. The summed E-state index contributed by atoms with van der Waals surface area (Å²) in [6.45, 7) is 4.15. The lowest BCUT2D eigenvalue weighted by Crippen LogP contribution is -2.18. The van der Waals surface area contributed by atoms with Crippen LogP contribution in [0.5, 0.6) is 0 Å². The molecular formula is C27H48O2. The van der Waals surface area contributed by atoms with Gasteiger partial charge in [0.05, 0.1) is 12.2 Å². The number of rotatable bonds is 19. The lowest BCUT2D eigenvalue weighted by Gasteiger charge is -2.19. The summed E-state index contributed by atoms with van der Waals surface area (Å²) >= 11 is 0. The van der Waals surface area contributed by atoms with Crippen molar-refractivity contribution >= 4 is 5.78 Å². The molecule has 0 aliphatic carbocycles. The Morgan fingerprint density at radius 2 is 1.24 bits per heavy atom. The normalized spacial score (nSPS) is 17.0. The first-order chi connectivity index (χ1) is 14.2. The van der Waals surface area contributed by atoms with E-state index in [0.29, 0.717) is 6.42 Å². The largest absolute Gasteiger partial charge is 0.490 e. The highest BCUT2D eigenvalue weighted by Gasteiger charge is 2.16. The van der Waals surface area contributed by atoms with Crippen LogP contribution in [0.15, 0.2) is 24.0 Å². The molecule has 168 valence electrons. The van der Waals surface area contributed by atoms with Gasteiger partial charge in [-0.15, -0.1) is 0 Å². The van der Waals surface area contributed by atoms with E-state index in [1.54, 1.807) is 6.08 Å². The molecule has 2 nitrogen and oxygen atoms in total. The summed E-state index contributed by atoms with van der Waals surface area (Å²) in [7, 11) is 0. The maximum Gasteiger partial charge on any atom is 0.163 e. The number of carbonyl (C=O) groups is 1. The molecule has 0 aromatic heterocycles. The molecule has 0 saturated heterocycles. The Balaban J connectivity index is 1.76. The molecule has 0 N–H and O–H groups in total. The maximum atomic E-state index is 11.5. The smallest absolute Gasteiger partial charge is 0.163 e. The minimum Gasteiger partial charge on any atom is -0.490 e. The van der Waals surface area contributed by atoms with Crippen LogP contribution in [-0.4, -0.2) is 11.9 Å². The van der Waals surface area contributed by atoms with E-state index in [9.17, 15) is 4.79 Å². The van der Waals surface area contributed by atoms with Crippen molar-refractivity contribution in [3.63, 3.8) is 0 Å². The molecule has 1 heterocycles. The van der Waals surface area contributed by atoms with E-state index < -0.39 is 0 Å². The van der Waals surface area contributed by atoms with E-state index in [1.165, 1.54) is 109 Å². The number of allylic oxidation sites excluding steroid dienone is 3. The summed E-state index contributed by atoms with van der Waals surface area (Å²) in [4.78, 5) is 11.5. The predicted molar refractivity (Wildman–Crippen MR) is 126 cm³/mol. The topological polar surface area (TPSA) is 26.3 Å². The van der Waals surface area contributed by atoms with Gasteiger partial charge in [0.15, 0.2) is 5.78 Å². The average molecular weight is 405 g/mol. The zero-order valence-corrected chi connectivity index (χ0v) is 19.6. The minimum absolute atomic E-state index is 0.0432. The summed E-state index contributed by atoms with van der Waals surface area (Å²) < 4.78 is 5.65. The first-order valence-corrected chi connectivity index (χ1v) is 12.8. The monoisotopic (exact) mass is 404 g/mol. The van der Waals surface area contributed by atoms with Gasteiger partial charge in [0.2, 0.25) is 0 Å². The lowest BCUT2D eigenvalue weighted by atomic mass is 10.0. The highest BCUT2D eigenvalue weighted by Crippen LogP contribution is 2.16. The average Bonchev–Trinajstić information content (AvgIpc) is 2.69. The van der Waals surface area contributed by atoms with Crippen LogP contribution in [0.3, 0.4) is 0 Å². The van der Waals surface area contributed by atoms with Crippen LogP contribution in [0.2, 0.25) is 0 Å². The highest BCUT2D eigenvalue weighted by molar-refractivity contribution is 5.91. The summed E-state index contributed by atoms with van der Waals surface area (Å²) in [5, 5.41) is 0. The second-order valence-corrected chi connectivity index (χ2v) is 8.96. The van der Waals surface area contributed by atoms with Gasteiger partial charge in [0, 0.05) is 6.08 Å². The molecule has 0 spiro atoms. The van der Waals surface area contributed by atoms with E-state index in [0.717, 1.165) is 12.2 Å². The fourth-order valence-electron chi connectivity index (χ4n) is 4.14. The van der Waals surface area contributed by atoms with Crippen molar-refractivity contribution in [1.82, 2.24) is 0 Å². The summed E-state index contributed by atoms with van der Waals surface area (Å²) in [6, 6.07) is 0. The van der Waals surface area contributed by atoms with Gasteiger partial charge in [-0.05, 0) is 25.8 Å². The maximum absolute atomic E-state index is 11.5. The molecule has 1 aliphatic heterocycles. The van der Waals surface area contributed by atoms with Crippen LogP contribution in [0.25, 0.3) is 0 Å². The van der Waals surface area contributed by atoms with Crippen LogP contribution in [0, 0.1) is 0 Å². The van der Waals surface area contributed by atoms with E-state index in [2.05, 4.69) is 19.1 Å². The van der Waals surface area contributed by atoms with Gasteiger partial charge in [-0.2, -0.15) is 0 Å². The molecule has 0 amide bonds. The first-order valence-electron chi connectivity index (χ1n) is 12.8. The van der Waals surface area contributed by atoms with Crippen LogP contribution in [-0.2, 0) is 9.53 Å². The van der Waals surface area contributed by atoms with Gasteiger partial charge in [0.1, 0.15) is 6.10 Å². The number of unbranched alkanes of at least 4 members (excludes halogenated alkanes) is 17. The third-order valence-corrected chi connectivity index (χ3v) is 5.93. The number of hydrogen-bond acceptors (Lipinski definition) is 2. The molecule has 1 unspecified atom stereocenters. The molecule has 0 bridgehead atoms. The molecule has 1 aliphatic rings. The molecular weight excluding hydrogens is 356 g/mol. The zero-order valence-electron chi connectivity index (χ0n) is 19.6. The van der Waals surface area contributed by atoms with Crippen molar-refractivity contribution in [2.24, 2.45) is 0 Å². The van der Waals surface area contributed by atoms with Gasteiger partial charge in [-0.1, -0.05) is 116 Å². The van der Waals surface area contributed by atoms with Gasteiger partial charge in [-0.25, -0.2) is 0 Å². The molecule has 0 aromatic carbocycles. The molecule has 0 fully saturated rings. The Bertz CT molecular complexity index is 449. The van der Waals surface area contributed by atoms with Gasteiger partial charge >= 0.3 is 0 Å². The van der Waals surface area contributed by atoms with Crippen molar-refractivity contribution in [3.05, 3.63) is 24.0 Å². The van der Waals surface area contributed by atoms with Crippen molar-refractivity contribution < 1.29 is 9.53 Å². The van der Waals surface area contributed by atoms with E-state index in [1.807, 2.05) is 6.92 Å². The molecule has 0 radical (unpaired) electrons. The minimum atomic E-state index is -0.0432.